The smallest absolute Gasteiger partial charge is 0.308 e. The van der Waals surface area contributed by atoms with Gasteiger partial charge in [0, 0.05) is 18.5 Å². The zero-order chi connectivity index (χ0) is 10.1. The number of rotatable bonds is 1. The number of carbonyl (C=O) groups is 1. The first kappa shape index (κ1) is 8.62. The molecule has 0 aliphatic rings. The molecular formula is C10H10N2O2. The zero-order valence-electron chi connectivity index (χ0n) is 7.70. The van der Waals surface area contributed by atoms with E-state index in [1.165, 1.54) is 6.92 Å². The van der Waals surface area contributed by atoms with Gasteiger partial charge in [-0.15, -0.1) is 0 Å². The van der Waals surface area contributed by atoms with Gasteiger partial charge in [0.2, 0.25) is 0 Å². The summed E-state index contributed by atoms with van der Waals surface area (Å²) in [6.45, 7) is 1.37. The molecule has 2 rings (SSSR count). The van der Waals surface area contributed by atoms with Crippen molar-refractivity contribution in [1.82, 2.24) is 4.98 Å². The highest BCUT2D eigenvalue weighted by atomic mass is 16.5. The molecule has 0 aliphatic carbocycles. The van der Waals surface area contributed by atoms with Gasteiger partial charge in [-0.2, -0.15) is 0 Å². The molecule has 72 valence electrons. The quantitative estimate of drug-likeness (QED) is 0.531. The molecule has 0 bridgehead atoms. The van der Waals surface area contributed by atoms with Crippen LogP contribution in [0.1, 0.15) is 6.92 Å². The van der Waals surface area contributed by atoms with Crippen LogP contribution < -0.4 is 10.5 Å². The number of esters is 1. The number of hydrogen-bond donors (Lipinski definition) is 2. The van der Waals surface area contributed by atoms with E-state index >= 15 is 0 Å². The fourth-order valence-corrected chi connectivity index (χ4v) is 1.39. The zero-order valence-corrected chi connectivity index (χ0v) is 7.70. The van der Waals surface area contributed by atoms with E-state index in [1.54, 1.807) is 12.3 Å². The van der Waals surface area contributed by atoms with Crippen molar-refractivity contribution in [1.29, 1.82) is 0 Å². The Balaban J connectivity index is 2.58. The fraction of sp³-hybridized carbons (Fsp3) is 0.100. The van der Waals surface area contributed by atoms with Gasteiger partial charge in [0.1, 0.15) is 0 Å². The Morgan fingerprint density at radius 1 is 1.50 bits per heavy atom. The van der Waals surface area contributed by atoms with E-state index in [1.807, 2.05) is 12.1 Å². The number of nitrogen functional groups attached to an aromatic ring is 1. The van der Waals surface area contributed by atoms with Crippen LogP contribution in [0.15, 0.2) is 24.4 Å². The van der Waals surface area contributed by atoms with E-state index in [0.29, 0.717) is 11.4 Å². The molecule has 0 atom stereocenters. The lowest BCUT2D eigenvalue weighted by molar-refractivity contribution is -0.131. The maximum absolute atomic E-state index is 10.8. The van der Waals surface area contributed by atoms with Crippen LogP contribution in [0.4, 0.5) is 5.69 Å². The van der Waals surface area contributed by atoms with E-state index in [2.05, 4.69) is 4.98 Å². The van der Waals surface area contributed by atoms with Crippen LogP contribution in [-0.2, 0) is 4.79 Å². The van der Waals surface area contributed by atoms with Crippen molar-refractivity contribution in [2.24, 2.45) is 0 Å². The summed E-state index contributed by atoms with van der Waals surface area (Å²) in [4.78, 5) is 13.7. The summed E-state index contributed by atoms with van der Waals surface area (Å²) >= 11 is 0. The molecule has 4 heteroatoms. The topological polar surface area (TPSA) is 68.1 Å². The molecule has 3 N–H and O–H groups in total. The third kappa shape index (κ3) is 1.31. The Kier molecular flexibility index (Phi) is 1.89. The summed E-state index contributed by atoms with van der Waals surface area (Å²) in [5.41, 5.74) is 7.16. The van der Waals surface area contributed by atoms with Gasteiger partial charge < -0.3 is 15.5 Å². The van der Waals surface area contributed by atoms with Crippen LogP contribution in [0, 0.1) is 0 Å². The molecular weight excluding hydrogens is 180 g/mol. The number of anilines is 1. The Bertz CT molecular complexity index is 488. The average molecular weight is 190 g/mol. The van der Waals surface area contributed by atoms with Gasteiger partial charge in [-0.05, 0) is 12.1 Å². The molecule has 1 heterocycles. The third-order valence-corrected chi connectivity index (χ3v) is 1.96. The molecule has 0 amide bonds. The van der Waals surface area contributed by atoms with Crippen LogP contribution in [0.2, 0.25) is 0 Å². The maximum atomic E-state index is 10.8. The third-order valence-electron chi connectivity index (χ3n) is 1.96. The average Bonchev–Trinajstić information content (AvgIpc) is 2.49. The maximum Gasteiger partial charge on any atom is 0.308 e. The Labute approximate surface area is 80.7 Å². The summed E-state index contributed by atoms with van der Waals surface area (Å²) in [5, 5.41) is 0.820. The van der Waals surface area contributed by atoms with Crippen LogP contribution in [0.5, 0.6) is 5.75 Å². The lowest BCUT2D eigenvalue weighted by atomic mass is 10.2. The molecule has 0 fully saturated rings. The molecule has 0 unspecified atom stereocenters. The van der Waals surface area contributed by atoms with Crippen molar-refractivity contribution in [3.05, 3.63) is 24.4 Å². The van der Waals surface area contributed by atoms with Gasteiger partial charge in [-0.25, -0.2) is 0 Å². The Morgan fingerprint density at radius 3 is 3.00 bits per heavy atom. The van der Waals surface area contributed by atoms with Gasteiger partial charge >= 0.3 is 5.97 Å². The largest absolute Gasteiger partial charge is 0.424 e. The molecule has 14 heavy (non-hydrogen) atoms. The lowest BCUT2D eigenvalue weighted by Crippen LogP contribution is -2.00. The first-order valence-electron chi connectivity index (χ1n) is 4.22. The minimum Gasteiger partial charge on any atom is -0.424 e. The van der Waals surface area contributed by atoms with Crippen molar-refractivity contribution < 1.29 is 9.53 Å². The summed E-state index contributed by atoms with van der Waals surface area (Å²) in [6.07, 6.45) is 1.63. The normalized spacial score (nSPS) is 10.4. The highest BCUT2D eigenvalue weighted by Gasteiger charge is 2.07. The number of fused-ring (bicyclic) bond motifs is 1. The number of carbonyl (C=O) groups excluding carboxylic acids is 1. The number of aromatic amines is 1. The SMILES string of the molecule is CC(=O)Oc1c[nH]c2c(N)cccc12. The van der Waals surface area contributed by atoms with Gasteiger partial charge in [-0.3, -0.25) is 4.79 Å². The second kappa shape index (κ2) is 3.06. The molecule has 0 saturated heterocycles. The van der Waals surface area contributed by atoms with Gasteiger partial charge in [0.05, 0.1) is 11.2 Å². The summed E-state index contributed by atoms with van der Waals surface area (Å²) < 4.78 is 5.00. The van der Waals surface area contributed by atoms with E-state index in [-0.39, 0.29) is 5.97 Å². The van der Waals surface area contributed by atoms with Gasteiger partial charge in [-0.1, -0.05) is 6.07 Å². The number of nitrogens with one attached hydrogen (secondary N) is 1. The van der Waals surface area contributed by atoms with Crippen LogP contribution in [0.25, 0.3) is 10.9 Å². The minimum absolute atomic E-state index is 0.340. The predicted octanol–water partition coefficient (Wildman–Crippen LogP) is 1.68. The van der Waals surface area contributed by atoms with Gasteiger partial charge in [0.25, 0.3) is 0 Å². The van der Waals surface area contributed by atoms with Crippen molar-refractivity contribution in [3.63, 3.8) is 0 Å². The molecule has 0 spiro atoms. The van der Waals surface area contributed by atoms with E-state index in [9.17, 15) is 4.79 Å². The Hall–Kier alpha value is -1.97. The van der Waals surface area contributed by atoms with Gasteiger partial charge in [0.15, 0.2) is 5.75 Å². The second-order valence-corrected chi connectivity index (χ2v) is 3.02. The predicted molar refractivity (Wildman–Crippen MR) is 54.0 cm³/mol. The van der Waals surface area contributed by atoms with Crippen LogP contribution >= 0.6 is 0 Å². The molecule has 0 saturated carbocycles. The molecule has 2 aromatic rings. The first-order chi connectivity index (χ1) is 6.68. The molecule has 4 nitrogen and oxygen atoms in total. The number of hydrogen-bond acceptors (Lipinski definition) is 3. The molecule has 0 radical (unpaired) electrons. The van der Waals surface area contributed by atoms with Crippen LogP contribution in [0.3, 0.4) is 0 Å². The fourth-order valence-electron chi connectivity index (χ4n) is 1.39. The van der Waals surface area contributed by atoms with E-state index < -0.39 is 0 Å². The summed E-state index contributed by atoms with van der Waals surface area (Å²) in [5.74, 6) is 0.174. The molecule has 0 aliphatic heterocycles. The molecule has 1 aromatic carbocycles. The van der Waals surface area contributed by atoms with Crippen molar-refractivity contribution in [3.8, 4) is 5.75 Å². The standard InChI is InChI=1S/C10H10N2O2/c1-6(13)14-9-5-12-10-7(9)3-2-4-8(10)11/h2-5,12H,11H2,1H3. The summed E-state index contributed by atoms with van der Waals surface area (Å²) in [7, 11) is 0. The number of nitrogens with two attached hydrogens (primary N) is 1. The Morgan fingerprint density at radius 2 is 2.29 bits per heavy atom. The number of H-pyrrole nitrogens is 1. The first-order valence-corrected chi connectivity index (χ1v) is 4.22. The van der Waals surface area contributed by atoms with Crippen molar-refractivity contribution in [2.75, 3.05) is 5.73 Å². The minimum atomic E-state index is -0.340. The van der Waals surface area contributed by atoms with E-state index in [4.69, 9.17) is 10.5 Å². The second-order valence-electron chi connectivity index (χ2n) is 3.02. The van der Waals surface area contributed by atoms with Crippen molar-refractivity contribution >= 4 is 22.6 Å². The highest BCUT2D eigenvalue weighted by molar-refractivity contribution is 5.95. The highest BCUT2D eigenvalue weighted by Crippen LogP contribution is 2.28. The molecule has 1 aromatic heterocycles. The number of aromatic nitrogens is 1. The lowest BCUT2D eigenvalue weighted by Gasteiger charge is -1.98. The summed E-state index contributed by atoms with van der Waals surface area (Å²) in [6, 6.07) is 5.45. The van der Waals surface area contributed by atoms with E-state index in [0.717, 1.165) is 10.9 Å². The number of para-hydroxylation sites is 1. The van der Waals surface area contributed by atoms with Crippen LogP contribution in [-0.4, -0.2) is 11.0 Å². The monoisotopic (exact) mass is 190 g/mol. The number of ether oxygens (including phenoxy) is 1. The number of benzene rings is 1. The van der Waals surface area contributed by atoms with Crippen molar-refractivity contribution in [2.45, 2.75) is 6.92 Å².